The lowest BCUT2D eigenvalue weighted by Gasteiger charge is -2.31. The van der Waals surface area contributed by atoms with Crippen molar-refractivity contribution in [2.24, 2.45) is 0 Å². The van der Waals surface area contributed by atoms with Gasteiger partial charge < -0.3 is 0 Å². The molecule has 0 radical (unpaired) electrons. The Balaban J connectivity index is 1.75. The fraction of sp³-hybridized carbons (Fsp3) is 0.607. The molecule has 1 heterocycles. The summed E-state index contributed by atoms with van der Waals surface area (Å²) in [5, 5.41) is 0. The number of benzene rings is 1. The largest absolute Gasteiger partial charge is 0.260 e. The molecule has 1 aromatic heterocycles. The molecule has 0 aliphatic heterocycles. The van der Waals surface area contributed by atoms with E-state index in [1.165, 1.54) is 107 Å². The summed E-state index contributed by atoms with van der Waals surface area (Å²) >= 11 is 0. The van der Waals surface area contributed by atoms with Crippen LogP contribution in [0.2, 0.25) is 0 Å². The Morgan fingerprint density at radius 2 is 1.17 bits per heavy atom. The molecule has 2 aromatic rings. The normalized spacial score (nSPS) is 14.0. The molecular formula is C28H41N. The minimum absolute atomic E-state index is 0.142. The molecule has 0 spiro atoms. The molecule has 158 valence electrons. The summed E-state index contributed by atoms with van der Waals surface area (Å²) in [5.74, 6) is 0. The molecule has 1 nitrogen and oxygen atoms in total. The van der Waals surface area contributed by atoms with Crippen molar-refractivity contribution in [1.82, 2.24) is 4.98 Å². The maximum atomic E-state index is 4.98. The van der Waals surface area contributed by atoms with Crippen molar-refractivity contribution in [1.29, 1.82) is 0 Å². The molecule has 0 atom stereocenters. The number of unbranched alkanes of at least 4 members (excludes halogenated alkanes) is 10. The summed E-state index contributed by atoms with van der Waals surface area (Å²) in [4.78, 5) is 4.98. The number of hydrogen-bond donors (Lipinski definition) is 0. The second-order valence-corrected chi connectivity index (χ2v) is 9.06. The maximum absolute atomic E-state index is 4.98. The summed E-state index contributed by atoms with van der Waals surface area (Å²) in [5.41, 5.74) is 5.88. The average Bonchev–Trinajstić information content (AvgIpc) is 3.04. The monoisotopic (exact) mass is 391 g/mol. The van der Waals surface area contributed by atoms with Crippen molar-refractivity contribution >= 4 is 0 Å². The van der Waals surface area contributed by atoms with Crippen LogP contribution in [-0.2, 0) is 5.41 Å². The Bertz CT molecular complexity index is 669. The van der Waals surface area contributed by atoms with Gasteiger partial charge in [0.15, 0.2) is 0 Å². The minimum atomic E-state index is 0.142. The van der Waals surface area contributed by atoms with Gasteiger partial charge in [0.05, 0.1) is 5.69 Å². The van der Waals surface area contributed by atoms with Crippen LogP contribution in [0.5, 0.6) is 0 Å². The standard InChI is InChI=1S/C28H41N/c1-3-5-7-9-11-15-21-28(22-16-12-10-8-6-4-2)26-20-14-13-18-24(26)25-19-17-23-29-27(25)28/h13-14,17-20,23H,3-12,15-16,21-22H2,1-2H3. The van der Waals surface area contributed by atoms with Crippen LogP contribution < -0.4 is 0 Å². The third kappa shape index (κ3) is 5.30. The Labute approximate surface area is 179 Å². The molecule has 29 heavy (non-hydrogen) atoms. The third-order valence-corrected chi connectivity index (χ3v) is 6.91. The number of fused-ring (bicyclic) bond motifs is 3. The van der Waals surface area contributed by atoms with Crippen molar-refractivity contribution in [3.8, 4) is 11.1 Å². The molecule has 0 unspecified atom stereocenters. The van der Waals surface area contributed by atoms with Gasteiger partial charge in [-0.15, -0.1) is 0 Å². The number of hydrogen-bond acceptors (Lipinski definition) is 1. The smallest absolute Gasteiger partial charge is 0.0587 e. The van der Waals surface area contributed by atoms with Crippen molar-refractivity contribution < 1.29 is 0 Å². The zero-order chi connectivity index (χ0) is 20.4. The molecule has 3 rings (SSSR count). The van der Waals surface area contributed by atoms with E-state index >= 15 is 0 Å². The van der Waals surface area contributed by atoms with Crippen LogP contribution in [0.25, 0.3) is 11.1 Å². The van der Waals surface area contributed by atoms with Crippen molar-refractivity contribution in [3.05, 3.63) is 53.9 Å². The highest BCUT2D eigenvalue weighted by atomic mass is 14.7. The Hall–Kier alpha value is -1.63. The Morgan fingerprint density at radius 3 is 1.83 bits per heavy atom. The summed E-state index contributed by atoms with van der Waals surface area (Å²) in [7, 11) is 0. The van der Waals surface area contributed by atoms with Gasteiger partial charge in [-0.2, -0.15) is 0 Å². The lowest BCUT2D eigenvalue weighted by molar-refractivity contribution is 0.390. The molecule has 0 saturated heterocycles. The van der Waals surface area contributed by atoms with Crippen molar-refractivity contribution in [3.63, 3.8) is 0 Å². The number of pyridine rings is 1. The third-order valence-electron chi connectivity index (χ3n) is 6.91. The SMILES string of the molecule is CCCCCCCCC1(CCCCCCCC)c2ccccc2-c2cccnc21. The van der Waals surface area contributed by atoms with Gasteiger partial charge >= 0.3 is 0 Å². The number of nitrogens with zero attached hydrogens (tertiary/aromatic N) is 1. The van der Waals surface area contributed by atoms with Gasteiger partial charge in [0.2, 0.25) is 0 Å². The van der Waals surface area contributed by atoms with E-state index < -0.39 is 0 Å². The quantitative estimate of drug-likeness (QED) is 0.293. The van der Waals surface area contributed by atoms with Crippen LogP contribution in [0.15, 0.2) is 42.6 Å². The fourth-order valence-corrected chi connectivity index (χ4v) is 5.31. The van der Waals surface area contributed by atoms with E-state index in [0.717, 1.165) is 0 Å². The lowest BCUT2D eigenvalue weighted by atomic mass is 9.72. The van der Waals surface area contributed by atoms with Gasteiger partial charge in [-0.3, -0.25) is 4.98 Å². The molecule has 1 aromatic carbocycles. The van der Waals surface area contributed by atoms with E-state index in [1.807, 2.05) is 6.20 Å². The fourth-order valence-electron chi connectivity index (χ4n) is 5.31. The maximum Gasteiger partial charge on any atom is 0.0587 e. The lowest BCUT2D eigenvalue weighted by Crippen LogP contribution is -2.26. The van der Waals surface area contributed by atoms with Crippen molar-refractivity contribution in [2.75, 3.05) is 0 Å². The second kappa shape index (κ2) is 11.5. The minimum Gasteiger partial charge on any atom is -0.260 e. The van der Waals surface area contributed by atoms with Crippen LogP contribution in [0.4, 0.5) is 0 Å². The first-order valence-electron chi connectivity index (χ1n) is 12.4. The Kier molecular flexibility index (Phi) is 8.77. The van der Waals surface area contributed by atoms with E-state index in [0.29, 0.717) is 0 Å². The molecule has 1 aliphatic rings. The van der Waals surface area contributed by atoms with Crippen LogP contribution in [0.3, 0.4) is 0 Å². The molecule has 0 bridgehead atoms. The summed E-state index contributed by atoms with van der Waals surface area (Å²) in [6, 6.07) is 13.6. The molecule has 0 saturated carbocycles. The first-order chi connectivity index (χ1) is 14.3. The van der Waals surface area contributed by atoms with Crippen LogP contribution in [-0.4, -0.2) is 4.98 Å². The van der Waals surface area contributed by atoms with Gasteiger partial charge in [0.1, 0.15) is 0 Å². The first-order valence-corrected chi connectivity index (χ1v) is 12.4. The Morgan fingerprint density at radius 1 is 0.621 bits per heavy atom. The molecule has 0 amide bonds. The molecule has 1 heteroatoms. The van der Waals surface area contributed by atoms with E-state index in [-0.39, 0.29) is 5.41 Å². The second-order valence-electron chi connectivity index (χ2n) is 9.06. The van der Waals surface area contributed by atoms with Gasteiger partial charge in [-0.1, -0.05) is 121 Å². The highest BCUT2D eigenvalue weighted by Crippen LogP contribution is 2.53. The number of aromatic nitrogens is 1. The predicted molar refractivity (Wildman–Crippen MR) is 126 cm³/mol. The van der Waals surface area contributed by atoms with E-state index in [9.17, 15) is 0 Å². The summed E-state index contributed by atoms with van der Waals surface area (Å²) in [6.07, 6.45) is 20.9. The zero-order valence-corrected chi connectivity index (χ0v) is 18.9. The summed E-state index contributed by atoms with van der Waals surface area (Å²) in [6.45, 7) is 4.60. The van der Waals surface area contributed by atoms with Crippen molar-refractivity contribution in [2.45, 2.75) is 109 Å². The average molecular weight is 392 g/mol. The highest BCUT2D eigenvalue weighted by molar-refractivity contribution is 5.79. The van der Waals surface area contributed by atoms with Gasteiger partial charge in [0.25, 0.3) is 0 Å². The highest BCUT2D eigenvalue weighted by Gasteiger charge is 2.43. The molecule has 0 N–H and O–H groups in total. The van der Waals surface area contributed by atoms with Gasteiger partial charge in [-0.05, 0) is 30.0 Å². The van der Waals surface area contributed by atoms with E-state index in [1.54, 1.807) is 5.56 Å². The van der Waals surface area contributed by atoms with Crippen LogP contribution in [0.1, 0.15) is 115 Å². The van der Waals surface area contributed by atoms with Gasteiger partial charge in [-0.25, -0.2) is 0 Å². The van der Waals surface area contributed by atoms with E-state index in [2.05, 4.69) is 50.2 Å². The molecular weight excluding hydrogens is 350 g/mol. The summed E-state index contributed by atoms with van der Waals surface area (Å²) < 4.78 is 0. The van der Waals surface area contributed by atoms with Crippen LogP contribution >= 0.6 is 0 Å². The molecule has 0 fully saturated rings. The van der Waals surface area contributed by atoms with Crippen LogP contribution in [0, 0.1) is 0 Å². The van der Waals surface area contributed by atoms with E-state index in [4.69, 9.17) is 4.98 Å². The topological polar surface area (TPSA) is 12.9 Å². The zero-order valence-electron chi connectivity index (χ0n) is 18.9. The van der Waals surface area contributed by atoms with Gasteiger partial charge in [0, 0.05) is 17.2 Å². The predicted octanol–water partition coefficient (Wildman–Crippen LogP) is 8.85. The first kappa shape index (κ1) is 22.1. The number of rotatable bonds is 14. The molecule has 1 aliphatic carbocycles.